The zero-order chi connectivity index (χ0) is 17.8. The van der Waals surface area contributed by atoms with Crippen LogP contribution in [-0.2, 0) is 11.2 Å². The quantitative estimate of drug-likeness (QED) is 0.652. The van der Waals surface area contributed by atoms with Crippen molar-refractivity contribution in [3.8, 4) is 0 Å². The molecule has 0 aliphatic carbocycles. The van der Waals surface area contributed by atoms with Crippen LogP contribution in [0.5, 0.6) is 0 Å². The predicted octanol–water partition coefficient (Wildman–Crippen LogP) is 1.88. The second kappa shape index (κ2) is 7.31. The van der Waals surface area contributed by atoms with Crippen molar-refractivity contribution < 1.29 is 4.79 Å². The van der Waals surface area contributed by atoms with Crippen molar-refractivity contribution in [2.24, 2.45) is 0 Å². The second-order valence-electron chi connectivity index (χ2n) is 5.72. The van der Waals surface area contributed by atoms with Crippen LogP contribution >= 0.6 is 11.3 Å². The average molecular weight is 355 g/mol. The monoisotopic (exact) mass is 355 g/mol. The SMILES string of the molecule is Cc1cccc(C(NC(=O)Cc2cc(=O)[nH][nH]c2=O)c2cccs2)c1. The third-order valence-corrected chi connectivity index (χ3v) is 4.69. The first-order valence-electron chi connectivity index (χ1n) is 7.73. The third kappa shape index (κ3) is 4.13. The van der Waals surface area contributed by atoms with Gasteiger partial charge in [-0.05, 0) is 23.9 Å². The normalized spacial score (nSPS) is 11.9. The van der Waals surface area contributed by atoms with Gasteiger partial charge in [-0.3, -0.25) is 24.6 Å². The maximum absolute atomic E-state index is 12.5. The van der Waals surface area contributed by atoms with E-state index in [4.69, 9.17) is 0 Å². The van der Waals surface area contributed by atoms with Crippen LogP contribution in [0.1, 0.15) is 27.6 Å². The molecule has 1 atom stereocenters. The summed E-state index contributed by atoms with van der Waals surface area (Å²) in [4.78, 5) is 36.5. The van der Waals surface area contributed by atoms with Crippen LogP contribution < -0.4 is 16.4 Å². The standard InChI is InChI=1S/C18H17N3O3S/c1-11-4-2-5-12(8-11)17(14-6-3-7-25-14)19-15(22)9-13-10-16(23)20-21-18(13)24/h2-8,10,17H,9H2,1H3,(H,19,22)(H,20,23)(H,21,24). The lowest BCUT2D eigenvalue weighted by atomic mass is 10.0. The summed E-state index contributed by atoms with van der Waals surface area (Å²) >= 11 is 1.55. The van der Waals surface area contributed by atoms with Crippen LogP contribution in [0.3, 0.4) is 0 Å². The van der Waals surface area contributed by atoms with Crippen molar-refractivity contribution in [2.45, 2.75) is 19.4 Å². The summed E-state index contributed by atoms with van der Waals surface area (Å²) in [5.41, 5.74) is 1.28. The Labute approximate surface area is 147 Å². The number of rotatable bonds is 5. The highest BCUT2D eigenvalue weighted by Crippen LogP contribution is 2.26. The average Bonchev–Trinajstić information content (AvgIpc) is 3.10. The van der Waals surface area contributed by atoms with E-state index in [2.05, 4.69) is 15.5 Å². The lowest BCUT2D eigenvalue weighted by Crippen LogP contribution is -2.33. The van der Waals surface area contributed by atoms with Gasteiger partial charge < -0.3 is 5.32 Å². The summed E-state index contributed by atoms with van der Waals surface area (Å²) in [7, 11) is 0. The molecule has 0 aliphatic heterocycles. The van der Waals surface area contributed by atoms with Gasteiger partial charge in [-0.15, -0.1) is 11.3 Å². The molecule has 7 heteroatoms. The van der Waals surface area contributed by atoms with Gasteiger partial charge in [0.1, 0.15) is 0 Å². The van der Waals surface area contributed by atoms with E-state index < -0.39 is 11.1 Å². The molecule has 25 heavy (non-hydrogen) atoms. The van der Waals surface area contributed by atoms with Gasteiger partial charge in [0.25, 0.3) is 11.1 Å². The Hall–Kier alpha value is -2.93. The van der Waals surface area contributed by atoms with Crippen LogP contribution in [0.15, 0.2) is 57.4 Å². The van der Waals surface area contributed by atoms with E-state index in [9.17, 15) is 14.4 Å². The first kappa shape index (κ1) is 16.9. The van der Waals surface area contributed by atoms with Crippen molar-refractivity contribution in [3.05, 3.63) is 90.1 Å². The number of hydrogen-bond acceptors (Lipinski definition) is 4. The van der Waals surface area contributed by atoms with Gasteiger partial charge in [-0.2, -0.15) is 0 Å². The molecule has 3 N–H and O–H groups in total. The Balaban J connectivity index is 1.85. The van der Waals surface area contributed by atoms with Gasteiger partial charge in [0, 0.05) is 16.5 Å². The number of thiophene rings is 1. The van der Waals surface area contributed by atoms with Crippen molar-refractivity contribution in [3.63, 3.8) is 0 Å². The Morgan fingerprint density at radius 1 is 1.16 bits per heavy atom. The molecule has 128 valence electrons. The minimum absolute atomic E-state index is 0.135. The highest BCUT2D eigenvalue weighted by atomic mass is 32.1. The number of carbonyl (C=O) groups excluding carboxylic acids is 1. The minimum atomic E-state index is -0.474. The van der Waals surface area contributed by atoms with Crippen molar-refractivity contribution in [1.82, 2.24) is 15.5 Å². The van der Waals surface area contributed by atoms with Gasteiger partial charge in [0.05, 0.1) is 12.5 Å². The maximum atomic E-state index is 12.5. The summed E-state index contributed by atoms with van der Waals surface area (Å²) in [6, 6.07) is 12.6. The molecule has 1 aromatic carbocycles. The van der Waals surface area contributed by atoms with E-state index in [-0.39, 0.29) is 23.9 Å². The van der Waals surface area contributed by atoms with Crippen molar-refractivity contribution in [2.75, 3.05) is 0 Å². The summed E-state index contributed by atoms with van der Waals surface area (Å²) in [6.45, 7) is 1.99. The first-order chi connectivity index (χ1) is 12.0. The van der Waals surface area contributed by atoms with Crippen LogP contribution in [0.4, 0.5) is 0 Å². The smallest absolute Gasteiger partial charge is 0.266 e. The lowest BCUT2D eigenvalue weighted by Gasteiger charge is -2.18. The largest absolute Gasteiger partial charge is 0.344 e. The zero-order valence-corrected chi connectivity index (χ0v) is 14.4. The maximum Gasteiger partial charge on any atom is 0.266 e. The van der Waals surface area contributed by atoms with Crippen LogP contribution in [0, 0.1) is 6.92 Å². The fourth-order valence-electron chi connectivity index (χ4n) is 2.60. The van der Waals surface area contributed by atoms with Crippen molar-refractivity contribution >= 4 is 17.2 Å². The highest BCUT2D eigenvalue weighted by molar-refractivity contribution is 7.10. The molecule has 0 aliphatic rings. The molecule has 6 nitrogen and oxygen atoms in total. The number of aromatic nitrogens is 2. The number of benzene rings is 1. The molecule has 0 saturated heterocycles. The first-order valence-corrected chi connectivity index (χ1v) is 8.61. The number of nitrogens with one attached hydrogen (secondary N) is 3. The number of hydrogen-bond donors (Lipinski definition) is 3. The van der Waals surface area contributed by atoms with Crippen LogP contribution in [0.25, 0.3) is 0 Å². The Kier molecular flexibility index (Phi) is 4.95. The molecule has 0 radical (unpaired) electrons. The van der Waals surface area contributed by atoms with Gasteiger partial charge in [0.2, 0.25) is 5.91 Å². The van der Waals surface area contributed by atoms with E-state index in [0.29, 0.717) is 0 Å². The molecule has 1 amide bonds. The summed E-state index contributed by atoms with van der Waals surface area (Å²) in [5.74, 6) is -0.323. The van der Waals surface area contributed by atoms with Gasteiger partial charge >= 0.3 is 0 Å². The molecule has 0 bridgehead atoms. The van der Waals surface area contributed by atoms with Gasteiger partial charge in [-0.1, -0.05) is 35.9 Å². The number of amides is 1. The summed E-state index contributed by atoms with van der Waals surface area (Å²) in [5, 5.41) is 9.32. The van der Waals surface area contributed by atoms with E-state index in [1.165, 1.54) is 0 Å². The molecule has 3 rings (SSSR count). The molecule has 2 heterocycles. The number of aryl methyl sites for hydroxylation is 1. The highest BCUT2D eigenvalue weighted by Gasteiger charge is 2.19. The summed E-state index contributed by atoms with van der Waals surface area (Å²) < 4.78 is 0. The molecule has 1 unspecified atom stereocenters. The Morgan fingerprint density at radius 2 is 2.00 bits per heavy atom. The fraction of sp³-hybridized carbons (Fsp3) is 0.167. The predicted molar refractivity (Wildman–Crippen MR) is 96.9 cm³/mol. The topological polar surface area (TPSA) is 94.8 Å². The molecule has 0 spiro atoms. The molecule has 3 aromatic rings. The van der Waals surface area contributed by atoms with E-state index in [1.54, 1.807) is 11.3 Å². The molecule has 0 saturated carbocycles. The Morgan fingerprint density at radius 3 is 2.72 bits per heavy atom. The van der Waals surface area contributed by atoms with Gasteiger partial charge in [0.15, 0.2) is 0 Å². The molecule has 2 aromatic heterocycles. The molecular formula is C18H17N3O3S. The second-order valence-corrected chi connectivity index (χ2v) is 6.70. The Bertz CT molecular complexity index is 989. The van der Waals surface area contributed by atoms with Crippen LogP contribution in [-0.4, -0.2) is 16.1 Å². The van der Waals surface area contributed by atoms with E-state index in [0.717, 1.165) is 22.1 Å². The lowest BCUT2D eigenvalue weighted by molar-refractivity contribution is -0.120. The third-order valence-electron chi connectivity index (χ3n) is 3.76. The number of H-pyrrole nitrogens is 2. The fourth-order valence-corrected chi connectivity index (χ4v) is 3.40. The molecule has 0 fully saturated rings. The van der Waals surface area contributed by atoms with Crippen LogP contribution in [0.2, 0.25) is 0 Å². The van der Waals surface area contributed by atoms with Crippen molar-refractivity contribution in [1.29, 1.82) is 0 Å². The van der Waals surface area contributed by atoms with Gasteiger partial charge in [-0.25, -0.2) is 0 Å². The van der Waals surface area contributed by atoms with E-state index in [1.807, 2.05) is 48.7 Å². The number of carbonyl (C=O) groups is 1. The minimum Gasteiger partial charge on any atom is -0.344 e. The molecular weight excluding hydrogens is 338 g/mol. The summed E-state index contributed by atoms with van der Waals surface area (Å²) in [6.07, 6.45) is -0.160. The zero-order valence-electron chi connectivity index (χ0n) is 13.5. The number of aromatic amines is 2. The van der Waals surface area contributed by atoms with E-state index >= 15 is 0 Å².